The number of hydrogen-bond donors (Lipinski definition) is 1. The molecular weight excluding hydrogens is 274 g/mol. The molecule has 0 bridgehead atoms. The zero-order chi connectivity index (χ0) is 15.4. The molecule has 0 aliphatic heterocycles. The second-order valence-electron chi connectivity index (χ2n) is 4.97. The Labute approximate surface area is 129 Å². The molecule has 0 aliphatic carbocycles. The smallest absolute Gasteiger partial charge is 0.186 e. The fourth-order valence-corrected chi connectivity index (χ4v) is 2.35. The van der Waals surface area contributed by atoms with Crippen LogP contribution in [0, 0.1) is 0 Å². The van der Waals surface area contributed by atoms with Crippen molar-refractivity contribution in [1.29, 1.82) is 0 Å². The van der Waals surface area contributed by atoms with E-state index in [1.54, 1.807) is 24.3 Å². The van der Waals surface area contributed by atoms with E-state index < -0.39 is 0 Å². The molecule has 3 heteroatoms. The van der Waals surface area contributed by atoms with Gasteiger partial charge < -0.3 is 9.72 Å². The van der Waals surface area contributed by atoms with E-state index in [1.807, 2.05) is 49.4 Å². The van der Waals surface area contributed by atoms with Gasteiger partial charge in [0.2, 0.25) is 0 Å². The summed E-state index contributed by atoms with van der Waals surface area (Å²) in [7, 11) is 0. The van der Waals surface area contributed by atoms with E-state index in [4.69, 9.17) is 4.74 Å². The van der Waals surface area contributed by atoms with Crippen molar-refractivity contribution in [1.82, 2.24) is 4.98 Å². The molecule has 3 rings (SSSR count). The van der Waals surface area contributed by atoms with Gasteiger partial charge in [0, 0.05) is 16.8 Å². The Balaban J connectivity index is 1.79. The van der Waals surface area contributed by atoms with E-state index >= 15 is 0 Å². The topological polar surface area (TPSA) is 42.1 Å². The third-order valence-corrected chi connectivity index (χ3v) is 3.39. The molecule has 0 saturated carbocycles. The van der Waals surface area contributed by atoms with Crippen molar-refractivity contribution in [2.45, 2.75) is 6.92 Å². The molecule has 0 amide bonds. The van der Waals surface area contributed by atoms with Gasteiger partial charge in [-0.3, -0.25) is 4.79 Å². The number of hydrogen-bond acceptors (Lipinski definition) is 2. The van der Waals surface area contributed by atoms with Gasteiger partial charge in [-0.2, -0.15) is 0 Å². The molecule has 0 atom stereocenters. The number of para-hydroxylation sites is 1. The fourth-order valence-electron chi connectivity index (χ4n) is 2.35. The van der Waals surface area contributed by atoms with Crippen molar-refractivity contribution >= 4 is 22.8 Å². The Kier molecular flexibility index (Phi) is 4.05. The van der Waals surface area contributed by atoms with Gasteiger partial charge >= 0.3 is 0 Å². The van der Waals surface area contributed by atoms with Gasteiger partial charge in [-0.1, -0.05) is 30.3 Å². The molecule has 0 aliphatic rings. The molecule has 0 saturated heterocycles. The lowest BCUT2D eigenvalue weighted by molar-refractivity contribution is 0.104. The lowest BCUT2D eigenvalue weighted by atomic mass is 10.1. The zero-order valence-electron chi connectivity index (χ0n) is 12.4. The van der Waals surface area contributed by atoms with Crippen LogP contribution in [0.1, 0.15) is 23.0 Å². The molecule has 1 aromatic heterocycles. The van der Waals surface area contributed by atoms with E-state index in [0.717, 1.165) is 16.6 Å². The maximum absolute atomic E-state index is 12.2. The summed E-state index contributed by atoms with van der Waals surface area (Å²) in [5, 5.41) is 1.13. The first-order valence-electron chi connectivity index (χ1n) is 7.29. The summed E-state index contributed by atoms with van der Waals surface area (Å²) in [4.78, 5) is 15.5. The molecule has 0 radical (unpaired) electrons. The molecule has 110 valence electrons. The van der Waals surface area contributed by atoms with E-state index in [-0.39, 0.29) is 5.78 Å². The maximum atomic E-state index is 12.2. The number of ether oxygens (including phenoxy) is 1. The third kappa shape index (κ3) is 3.09. The quantitative estimate of drug-likeness (QED) is 0.557. The monoisotopic (exact) mass is 291 g/mol. The van der Waals surface area contributed by atoms with Gasteiger partial charge in [0.1, 0.15) is 5.75 Å². The van der Waals surface area contributed by atoms with Gasteiger partial charge in [-0.05, 0) is 48.7 Å². The summed E-state index contributed by atoms with van der Waals surface area (Å²) >= 11 is 0. The second kappa shape index (κ2) is 6.31. The molecule has 2 aromatic carbocycles. The lowest BCUT2D eigenvalue weighted by Crippen LogP contribution is -1.97. The van der Waals surface area contributed by atoms with Gasteiger partial charge in [-0.25, -0.2) is 0 Å². The molecule has 1 heterocycles. The Bertz CT molecular complexity index is 797. The predicted molar refractivity (Wildman–Crippen MR) is 89.3 cm³/mol. The first-order valence-corrected chi connectivity index (χ1v) is 7.29. The number of allylic oxidation sites excluding steroid dienone is 1. The highest BCUT2D eigenvalue weighted by molar-refractivity contribution is 6.07. The molecule has 1 N–H and O–H groups in total. The van der Waals surface area contributed by atoms with Crippen molar-refractivity contribution in [2.75, 3.05) is 6.61 Å². The lowest BCUT2D eigenvalue weighted by Gasteiger charge is -2.03. The number of carbonyl (C=O) groups is 1. The van der Waals surface area contributed by atoms with Gasteiger partial charge in [0.05, 0.1) is 6.61 Å². The van der Waals surface area contributed by atoms with Crippen LogP contribution in [0.4, 0.5) is 0 Å². The predicted octanol–water partition coefficient (Wildman–Crippen LogP) is 4.46. The molecule has 3 nitrogen and oxygen atoms in total. The van der Waals surface area contributed by atoms with Crippen LogP contribution in [0.5, 0.6) is 5.75 Å². The van der Waals surface area contributed by atoms with Gasteiger partial charge in [-0.15, -0.1) is 0 Å². The zero-order valence-corrected chi connectivity index (χ0v) is 12.4. The highest BCUT2D eigenvalue weighted by Gasteiger charge is 2.04. The van der Waals surface area contributed by atoms with Crippen LogP contribution in [0.3, 0.4) is 0 Å². The second-order valence-corrected chi connectivity index (χ2v) is 4.97. The molecular formula is C19H17NO2. The van der Waals surface area contributed by atoms with Crippen molar-refractivity contribution in [3.8, 4) is 5.75 Å². The van der Waals surface area contributed by atoms with Crippen molar-refractivity contribution < 1.29 is 9.53 Å². The number of fused-ring (bicyclic) bond motifs is 1. The fraction of sp³-hybridized carbons (Fsp3) is 0.105. The average Bonchev–Trinajstić information content (AvgIpc) is 2.96. The summed E-state index contributed by atoms with van der Waals surface area (Å²) in [5.41, 5.74) is 2.60. The molecule has 0 unspecified atom stereocenters. The largest absolute Gasteiger partial charge is 0.494 e. The average molecular weight is 291 g/mol. The van der Waals surface area contributed by atoms with Crippen LogP contribution in [0.2, 0.25) is 0 Å². The standard InChI is InChI=1S/C19H17NO2/c1-2-22-17-8-5-7-15(13-17)19(21)11-10-16-12-14-6-3-4-9-18(14)20-16/h3-13,20H,2H2,1H3/b11-10+. The first kappa shape index (κ1) is 14.1. The van der Waals surface area contributed by atoms with Crippen LogP contribution in [0.15, 0.2) is 60.7 Å². The van der Waals surface area contributed by atoms with E-state index in [1.165, 1.54) is 0 Å². The number of H-pyrrole nitrogens is 1. The summed E-state index contributed by atoms with van der Waals surface area (Å²) in [6.07, 6.45) is 3.38. The Hall–Kier alpha value is -2.81. The summed E-state index contributed by atoms with van der Waals surface area (Å²) in [5.74, 6) is 0.674. The third-order valence-electron chi connectivity index (χ3n) is 3.39. The highest BCUT2D eigenvalue weighted by Crippen LogP contribution is 2.17. The maximum Gasteiger partial charge on any atom is 0.186 e. The first-order chi connectivity index (χ1) is 10.8. The Morgan fingerprint density at radius 3 is 2.82 bits per heavy atom. The minimum atomic E-state index is -0.0415. The van der Waals surface area contributed by atoms with Crippen molar-refractivity contribution in [3.63, 3.8) is 0 Å². The molecule has 3 aromatic rings. The SMILES string of the molecule is CCOc1cccc(C(=O)/C=C/c2cc3ccccc3[nH]2)c1. The van der Waals surface area contributed by atoms with E-state index in [2.05, 4.69) is 4.98 Å². The minimum Gasteiger partial charge on any atom is -0.494 e. The normalized spacial score (nSPS) is 11.1. The number of benzene rings is 2. The number of aromatic amines is 1. The van der Waals surface area contributed by atoms with Crippen LogP contribution >= 0.6 is 0 Å². The van der Waals surface area contributed by atoms with Gasteiger partial charge in [0.15, 0.2) is 5.78 Å². The number of rotatable bonds is 5. The van der Waals surface area contributed by atoms with E-state index in [9.17, 15) is 4.79 Å². The molecule has 0 spiro atoms. The highest BCUT2D eigenvalue weighted by atomic mass is 16.5. The van der Waals surface area contributed by atoms with Crippen LogP contribution in [-0.4, -0.2) is 17.4 Å². The number of ketones is 1. The summed E-state index contributed by atoms with van der Waals surface area (Å²) < 4.78 is 5.42. The van der Waals surface area contributed by atoms with Crippen LogP contribution in [-0.2, 0) is 0 Å². The minimum absolute atomic E-state index is 0.0415. The summed E-state index contributed by atoms with van der Waals surface area (Å²) in [6, 6.07) is 17.3. The molecule has 22 heavy (non-hydrogen) atoms. The van der Waals surface area contributed by atoms with Crippen molar-refractivity contribution in [3.05, 3.63) is 71.9 Å². The molecule has 0 fully saturated rings. The number of aromatic nitrogens is 1. The Morgan fingerprint density at radius 2 is 2.00 bits per heavy atom. The number of nitrogens with one attached hydrogen (secondary N) is 1. The number of carbonyl (C=O) groups excluding carboxylic acids is 1. The van der Waals surface area contributed by atoms with Crippen LogP contribution in [0.25, 0.3) is 17.0 Å². The Morgan fingerprint density at radius 1 is 1.14 bits per heavy atom. The van der Waals surface area contributed by atoms with Gasteiger partial charge in [0.25, 0.3) is 0 Å². The summed E-state index contributed by atoms with van der Waals surface area (Å²) in [6.45, 7) is 2.51. The van der Waals surface area contributed by atoms with E-state index in [0.29, 0.717) is 17.9 Å². The van der Waals surface area contributed by atoms with Crippen molar-refractivity contribution in [2.24, 2.45) is 0 Å². The van der Waals surface area contributed by atoms with Crippen LogP contribution < -0.4 is 4.74 Å².